The molecule has 5 nitrogen and oxygen atoms in total. The summed E-state index contributed by atoms with van der Waals surface area (Å²) >= 11 is 4.91. The first-order valence-corrected chi connectivity index (χ1v) is 6.18. The topological polar surface area (TPSA) is 80.9 Å². The van der Waals surface area contributed by atoms with E-state index >= 15 is 0 Å². The number of nitrogens with two attached hydrogens (primary N) is 1. The summed E-state index contributed by atoms with van der Waals surface area (Å²) < 4.78 is 0. The normalized spacial score (nSPS) is 12.2. The zero-order valence-corrected chi connectivity index (χ0v) is 11.6. The molecule has 0 bridgehead atoms. The number of thiocarbonyl (C=S) groups is 1. The molecule has 1 rings (SSSR count). The van der Waals surface area contributed by atoms with Crippen LogP contribution in [0.15, 0.2) is 12.3 Å². The van der Waals surface area contributed by atoms with E-state index in [2.05, 4.69) is 15.3 Å². The number of aromatic nitrogens is 2. The van der Waals surface area contributed by atoms with Gasteiger partial charge in [0, 0.05) is 6.20 Å². The molecule has 1 aromatic heterocycles. The van der Waals surface area contributed by atoms with Crippen molar-refractivity contribution in [3.63, 3.8) is 0 Å². The fraction of sp³-hybridized carbons (Fsp3) is 0.500. The molecule has 0 saturated heterocycles. The Morgan fingerprint density at radius 2 is 2.22 bits per heavy atom. The Kier molecular flexibility index (Phi) is 5.15. The van der Waals surface area contributed by atoms with E-state index in [0.717, 1.165) is 5.69 Å². The first-order chi connectivity index (χ1) is 8.41. The van der Waals surface area contributed by atoms with E-state index in [4.69, 9.17) is 18.0 Å². The van der Waals surface area contributed by atoms with Gasteiger partial charge in [-0.15, -0.1) is 0 Å². The molecule has 0 aliphatic heterocycles. The van der Waals surface area contributed by atoms with Gasteiger partial charge in [0.05, 0.1) is 23.1 Å². The zero-order valence-electron chi connectivity index (χ0n) is 10.8. The molecule has 3 N–H and O–H groups in total. The van der Waals surface area contributed by atoms with E-state index in [-0.39, 0.29) is 16.8 Å². The Labute approximate surface area is 112 Å². The van der Waals surface area contributed by atoms with Crippen molar-refractivity contribution in [2.75, 3.05) is 0 Å². The van der Waals surface area contributed by atoms with Crippen molar-refractivity contribution in [3.8, 4) is 0 Å². The Morgan fingerprint density at radius 1 is 1.56 bits per heavy atom. The van der Waals surface area contributed by atoms with Gasteiger partial charge in [0.2, 0.25) is 5.91 Å². The third kappa shape index (κ3) is 4.03. The molecular weight excluding hydrogens is 248 g/mol. The fourth-order valence-electron chi connectivity index (χ4n) is 1.65. The monoisotopic (exact) mass is 266 g/mol. The van der Waals surface area contributed by atoms with Gasteiger partial charge >= 0.3 is 0 Å². The number of hydrogen-bond acceptors (Lipinski definition) is 4. The lowest BCUT2D eigenvalue weighted by molar-refractivity contribution is -0.124. The highest BCUT2D eigenvalue weighted by molar-refractivity contribution is 7.80. The molecule has 0 aliphatic carbocycles. The number of nitrogens with zero attached hydrogens (tertiary/aromatic N) is 2. The summed E-state index contributed by atoms with van der Waals surface area (Å²) in [6, 6.07) is 1.76. The molecular formula is C12H18N4OS. The number of amides is 1. The van der Waals surface area contributed by atoms with Crippen molar-refractivity contribution in [2.45, 2.75) is 27.3 Å². The summed E-state index contributed by atoms with van der Waals surface area (Å²) in [6.07, 6.45) is 1.66. The van der Waals surface area contributed by atoms with Crippen LogP contribution in [0.5, 0.6) is 0 Å². The second-order valence-electron chi connectivity index (χ2n) is 4.44. The standard InChI is InChI=1S/C12H18N4OS/c1-7(2)10(11(13)18)12(17)15-6-9-4-5-14-8(3)16-9/h4-5,7,10H,6H2,1-3H3,(H2,13,18)(H,15,17). The predicted molar refractivity (Wildman–Crippen MR) is 73.7 cm³/mol. The summed E-state index contributed by atoms with van der Waals surface area (Å²) in [6.45, 7) is 5.99. The molecule has 1 unspecified atom stereocenters. The minimum atomic E-state index is -0.442. The molecule has 0 fully saturated rings. The highest BCUT2D eigenvalue weighted by Gasteiger charge is 2.24. The average molecular weight is 266 g/mol. The summed E-state index contributed by atoms with van der Waals surface area (Å²) in [5.74, 6) is 0.155. The lowest BCUT2D eigenvalue weighted by atomic mass is 9.95. The molecule has 6 heteroatoms. The second kappa shape index (κ2) is 6.39. The number of nitrogens with one attached hydrogen (secondary N) is 1. The van der Waals surface area contributed by atoms with E-state index in [9.17, 15) is 4.79 Å². The molecule has 1 amide bonds. The molecule has 0 saturated carbocycles. The molecule has 0 aromatic carbocycles. The van der Waals surface area contributed by atoms with Crippen LogP contribution in [0.1, 0.15) is 25.4 Å². The number of aryl methyl sites for hydroxylation is 1. The SMILES string of the molecule is Cc1nccc(CNC(=O)C(C(N)=S)C(C)C)n1. The van der Waals surface area contributed by atoms with E-state index in [0.29, 0.717) is 12.4 Å². The maximum atomic E-state index is 12.0. The third-order valence-corrected chi connectivity index (χ3v) is 2.79. The van der Waals surface area contributed by atoms with E-state index in [1.165, 1.54) is 0 Å². The van der Waals surface area contributed by atoms with Gasteiger partial charge in [-0.05, 0) is 18.9 Å². The largest absolute Gasteiger partial charge is 0.393 e. The number of carbonyl (C=O) groups is 1. The Hall–Kier alpha value is -1.56. The van der Waals surface area contributed by atoms with Gasteiger partial charge in [0.15, 0.2) is 0 Å². The summed E-state index contributed by atoms with van der Waals surface area (Å²) in [7, 11) is 0. The van der Waals surface area contributed by atoms with Gasteiger partial charge < -0.3 is 11.1 Å². The van der Waals surface area contributed by atoms with Crippen molar-refractivity contribution >= 4 is 23.1 Å². The summed E-state index contributed by atoms with van der Waals surface area (Å²) in [4.78, 5) is 20.4. The maximum Gasteiger partial charge on any atom is 0.230 e. The fourth-order valence-corrected chi connectivity index (χ4v) is 2.03. The third-order valence-electron chi connectivity index (χ3n) is 2.53. The van der Waals surface area contributed by atoms with E-state index in [1.807, 2.05) is 13.8 Å². The lowest BCUT2D eigenvalue weighted by Crippen LogP contribution is -2.40. The Bertz CT molecular complexity index is 447. The van der Waals surface area contributed by atoms with Crippen LogP contribution in [0, 0.1) is 18.8 Å². The predicted octanol–water partition coefficient (Wildman–Crippen LogP) is 0.960. The van der Waals surface area contributed by atoms with Gasteiger partial charge in [-0.25, -0.2) is 9.97 Å². The summed E-state index contributed by atoms with van der Waals surface area (Å²) in [5.41, 5.74) is 6.34. The zero-order chi connectivity index (χ0) is 13.7. The highest BCUT2D eigenvalue weighted by atomic mass is 32.1. The van der Waals surface area contributed by atoms with Gasteiger partial charge in [0.1, 0.15) is 5.82 Å². The molecule has 1 atom stereocenters. The van der Waals surface area contributed by atoms with Gasteiger partial charge in [-0.1, -0.05) is 26.1 Å². The van der Waals surface area contributed by atoms with Gasteiger partial charge in [-0.3, -0.25) is 4.79 Å². The lowest BCUT2D eigenvalue weighted by Gasteiger charge is -2.18. The Balaban J connectivity index is 2.62. The minimum absolute atomic E-state index is 0.0784. The average Bonchev–Trinajstić information content (AvgIpc) is 2.25. The quantitative estimate of drug-likeness (QED) is 0.776. The van der Waals surface area contributed by atoms with Crippen molar-refractivity contribution < 1.29 is 4.79 Å². The van der Waals surface area contributed by atoms with Crippen molar-refractivity contribution in [2.24, 2.45) is 17.6 Å². The second-order valence-corrected chi connectivity index (χ2v) is 4.91. The van der Waals surface area contributed by atoms with E-state index < -0.39 is 5.92 Å². The number of rotatable bonds is 5. The van der Waals surface area contributed by atoms with Crippen LogP contribution in [-0.2, 0) is 11.3 Å². The smallest absolute Gasteiger partial charge is 0.230 e. The summed E-state index contributed by atoms with van der Waals surface area (Å²) in [5, 5.41) is 2.79. The van der Waals surface area contributed by atoms with Crippen LogP contribution < -0.4 is 11.1 Å². The van der Waals surface area contributed by atoms with E-state index in [1.54, 1.807) is 19.2 Å². The molecule has 1 aromatic rings. The molecule has 18 heavy (non-hydrogen) atoms. The van der Waals surface area contributed by atoms with Crippen LogP contribution in [0.3, 0.4) is 0 Å². The van der Waals surface area contributed by atoms with Crippen LogP contribution in [0.4, 0.5) is 0 Å². The Morgan fingerprint density at radius 3 is 2.72 bits per heavy atom. The molecule has 0 radical (unpaired) electrons. The highest BCUT2D eigenvalue weighted by Crippen LogP contribution is 2.11. The first kappa shape index (κ1) is 14.5. The van der Waals surface area contributed by atoms with Crippen LogP contribution in [0.2, 0.25) is 0 Å². The van der Waals surface area contributed by atoms with Crippen LogP contribution >= 0.6 is 12.2 Å². The molecule has 98 valence electrons. The first-order valence-electron chi connectivity index (χ1n) is 5.77. The molecule has 0 aliphatic rings. The van der Waals surface area contributed by atoms with Crippen molar-refractivity contribution in [1.82, 2.24) is 15.3 Å². The maximum absolute atomic E-state index is 12.0. The number of carbonyl (C=O) groups excluding carboxylic acids is 1. The van der Waals surface area contributed by atoms with Crippen LogP contribution in [-0.4, -0.2) is 20.9 Å². The van der Waals surface area contributed by atoms with Crippen molar-refractivity contribution in [1.29, 1.82) is 0 Å². The molecule has 0 spiro atoms. The minimum Gasteiger partial charge on any atom is -0.393 e. The van der Waals surface area contributed by atoms with Gasteiger partial charge in [0.25, 0.3) is 0 Å². The van der Waals surface area contributed by atoms with Crippen LogP contribution in [0.25, 0.3) is 0 Å². The number of hydrogen-bond donors (Lipinski definition) is 2. The molecule has 1 heterocycles. The van der Waals surface area contributed by atoms with Crippen molar-refractivity contribution in [3.05, 3.63) is 23.8 Å². The van der Waals surface area contributed by atoms with Gasteiger partial charge in [-0.2, -0.15) is 0 Å².